The van der Waals surface area contributed by atoms with Crippen LogP contribution in [0.5, 0.6) is 0 Å². The molecule has 0 amide bonds. The van der Waals surface area contributed by atoms with Crippen molar-refractivity contribution in [1.29, 1.82) is 0 Å². The number of nitrogens with two attached hydrogens (primary N) is 1. The maximum Gasteiger partial charge on any atom is 0.417 e. The zero-order valence-corrected chi connectivity index (χ0v) is 10.6. The number of nitrogens with zero attached hydrogens (tertiary/aromatic N) is 1. The van der Waals surface area contributed by atoms with Crippen molar-refractivity contribution >= 4 is 11.8 Å². The van der Waals surface area contributed by atoms with Gasteiger partial charge in [-0.3, -0.25) is 0 Å². The van der Waals surface area contributed by atoms with E-state index < -0.39 is 11.7 Å². The minimum atomic E-state index is -4.35. The molecule has 2 N–H and O–H groups in total. The number of aromatic nitrogens is 1. The standard InChI is InChI=1S/C13H11F3N2S/c14-13(15,16)10-3-6-12(18-8-10)19-11-4-1-9(7-17)2-5-11/h1-6,8H,7,17H2. The molecular formula is C13H11F3N2S. The lowest BCUT2D eigenvalue weighted by molar-refractivity contribution is -0.137. The van der Waals surface area contributed by atoms with Gasteiger partial charge in [0, 0.05) is 17.6 Å². The Morgan fingerprint density at radius 3 is 2.21 bits per heavy atom. The van der Waals surface area contributed by atoms with Crippen molar-refractivity contribution < 1.29 is 13.2 Å². The molecule has 0 aliphatic heterocycles. The van der Waals surface area contributed by atoms with E-state index in [2.05, 4.69) is 4.98 Å². The summed E-state index contributed by atoms with van der Waals surface area (Å²) in [4.78, 5) is 4.71. The molecule has 0 radical (unpaired) electrons. The molecule has 19 heavy (non-hydrogen) atoms. The maximum atomic E-state index is 12.4. The summed E-state index contributed by atoms with van der Waals surface area (Å²) >= 11 is 1.31. The van der Waals surface area contributed by atoms with Crippen LogP contribution >= 0.6 is 11.8 Å². The zero-order valence-electron chi connectivity index (χ0n) is 9.82. The highest BCUT2D eigenvalue weighted by Gasteiger charge is 2.30. The van der Waals surface area contributed by atoms with Crippen molar-refractivity contribution in [2.45, 2.75) is 22.6 Å². The third-order valence-corrected chi connectivity index (χ3v) is 3.40. The summed E-state index contributed by atoms with van der Waals surface area (Å²) in [5, 5.41) is 0.522. The summed E-state index contributed by atoms with van der Waals surface area (Å²) in [5.41, 5.74) is 5.75. The summed E-state index contributed by atoms with van der Waals surface area (Å²) < 4.78 is 37.1. The second kappa shape index (κ2) is 5.63. The van der Waals surface area contributed by atoms with E-state index in [4.69, 9.17) is 5.73 Å². The fourth-order valence-electron chi connectivity index (χ4n) is 1.42. The Balaban J connectivity index is 2.10. The van der Waals surface area contributed by atoms with Gasteiger partial charge in [-0.25, -0.2) is 4.98 Å². The van der Waals surface area contributed by atoms with Gasteiger partial charge in [-0.15, -0.1) is 0 Å². The molecule has 0 unspecified atom stereocenters. The van der Waals surface area contributed by atoms with Gasteiger partial charge >= 0.3 is 6.18 Å². The third kappa shape index (κ3) is 3.71. The third-order valence-electron chi connectivity index (χ3n) is 2.45. The van der Waals surface area contributed by atoms with Crippen LogP contribution in [-0.2, 0) is 12.7 Å². The predicted molar refractivity (Wildman–Crippen MR) is 67.7 cm³/mol. The Hall–Kier alpha value is -1.53. The summed E-state index contributed by atoms with van der Waals surface area (Å²) in [6.07, 6.45) is -3.50. The first-order valence-electron chi connectivity index (χ1n) is 5.49. The van der Waals surface area contributed by atoms with Crippen molar-refractivity contribution in [1.82, 2.24) is 4.98 Å². The first-order chi connectivity index (χ1) is 8.99. The van der Waals surface area contributed by atoms with E-state index in [0.717, 1.165) is 22.7 Å². The lowest BCUT2D eigenvalue weighted by Crippen LogP contribution is -2.04. The van der Waals surface area contributed by atoms with E-state index in [9.17, 15) is 13.2 Å². The monoisotopic (exact) mass is 284 g/mol. The average Bonchev–Trinajstić information content (AvgIpc) is 2.39. The number of pyridine rings is 1. The summed E-state index contributed by atoms with van der Waals surface area (Å²) in [6.45, 7) is 0.462. The van der Waals surface area contributed by atoms with Crippen molar-refractivity contribution in [2.75, 3.05) is 0 Å². The molecule has 2 rings (SSSR count). The van der Waals surface area contributed by atoms with E-state index in [0.29, 0.717) is 11.6 Å². The lowest BCUT2D eigenvalue weighted by Gasteiger charge is -2.06. The minimum Gasteiger partial charge on any atom is -0.326 e. The Kier molecular flexibility index (Phi) is 4.11. The van der Waals surface area contributed by atoms with Gasteiger partial charge < -0.3 is 5.73 Å². The fourth-order valence-corrected chi connectivity index (χ4v) is 2.18. The van der Waals surface area contributed by atoms with Gasteiger partial charge in [-0.1, -0.05) is 23.9 Å². The Labute approximate surface area is 112 Å². The minimum absolute atomic E-state index is 0.462. The van der Waals surface area contributed by atoms with Crippen LogP contribution in [0.4, 0.5) is 13.2 Å². The number of benzene rings is 1. The van der Waals surface area contributed by atoms with Gasteiger partial charge in [-0.2, -0.15) is 13.2 Å². The largest absolute Gasteiger partial charge is 0.417 e. The SMILES string of the molecule is NCc1ccc(Sc2ccc(C(F)(F)F)cn2)cc1. The molecule has 0 aliphatic rings. The van der Waals surface area contributed by atoms with Gasteiger partial charge in [-0.05, 0) is 29.8 Å². The fraction of sp³-hybridized carbons (Fsp3) is 0.154. The maximum absolute atomic E-state index is 12.4. The van der Waals surface area contributed by atoms with Gasteiger partial charge in [0.25, 0.3) is 0 Å². The van der Waals surface area contributed by atoms with Gasteiger partial charge in [0.1, 0.15) is 5.03 Å². The van der Waals surface area contributed by atoms with Crippen LogP contribution < -0.4 is 5.73 Å². The first kappa shape index (κ1) is 13.9. The van der Waals surface area contributed by atoms with Crippen LogP contribution in [0, 0.1) is 0 Å². The summed E-state index contributed by atoms with van der Waals surface area (Å²) in [6, 6.07) is 9.89. The van der Waals surface area contributed by atoms with E-state index >= 15 is 0 Å². The molecule has 0 fully saturated rings. The Morgan fingerprint density at radius 1 is 1.05 bits per heavy atom. The van der Waals surface area contributed by atoms with Crippen LogP contribution in [0.3, 0.4) is 0 Å². The molecule has 1 aromatic heterocycles. The number of alkyl halides is 3. The highest BCUT2D eigenvalue weighted by atomic mass is 32.2. The molecule has 1 aromatic carbocycles. The van der Waals surface area contributed by atoms with Crippen LogP contribution in [0.1, 0.15) is 11.1 Å². The molecule has 0 bridgehead atoms. The zero-order chi connectivity index (χ0) is 13.9. The van der Waals surface area contributed by atoms with Crippen LogP contribution in [0.15, 0.2) is 52.5 Å². The molecule has 2 aromatic rings. The molecule has 1 heterocycles. The summed E-state index contributed by atoms with van der Waals surface area (Å²) in [7, 11) is 0. The Morgan fingerprint density at radius 2 is 1.74 bits per heavy atom. The van der Waals surface area contributed by atoms with E-state index in [1.165, 1.54) is 17.8 Å². The molecule has 0 aliphatic carbocycles. The highest BCUT2D eigenvalue weighted by molar-refractivity contribution is 7.99. The lowest BCUT2D eigenvalue weighted by atomic mass is 10.2. The smallest absolute Gasteiger partial charge is 0.326 e. The number of hydrogen-bond donors (Lipinski definition) is 1. The molecule has 2 nitrogen and oxygen atoms in total. The van der Waals surface area contributed by atoms with E-state index in [1.54, 1.807) is 0 Å². The van der Waals surface area contributed by atoms with Crippen LogP contribution in [-0.4, -0.2) is 4.98 Å². The topological polar surface area (TPSA) is 38.9 Å². The van der Waals surface area contributed by atoms with Gasteiger partial charge in [0.15, 0.2) is 0 Å². The molecular weight excluding hydrogens is 273 g/mol. The van der Waals surface area contributed by atoms with Gasteiger partial charge in [0.05, 0.1) is 5.56 Å². The van der Waals surface area contributed by atoms with Crippen molar-refractivity contribution in [3.63, 3.8) is 0 Å². The van der Waals surface area contributed by atoms with E-state index in [-0.39, 0.29) is 0 Å². The number of rotatable bonds is 3. The first-order valence-corrected chi connectivity index (χ1v) is 6.31. The molecule has 0 spiro atoms. The molecule has 6 heteroatoms. The van der Waals surface area contributed by atoms with Crippen molar-refractivity contribution in [3.8, 4) is 0 Å². The number of halogens is 3. The van der Waals surface area contributed by atoms with Gasteiger partial charge in [0.2, 0.25) is 0 Å². The molecule has 0 atom stereocenters. The van der Waals surface area contributed by atoms with Crippen molar-refractivity contribution in [2.24, 2.45) is 5.73 Å². The number of hydrogen-bond acceptors (Lipinski definition) is 3. The van der Waals surface area contributed by atoms with Crippen LogP contribution in [0.2, 0.25) is 0 Å². The molecule has 0 saturated heterocycles. The molecule has 0 saturated carbocycles. The highest BCUT2D eigenvalue weighted by Crippen LogP contribution is 2.31. The van der Waals surface area contributed by atoms with Crippen molar-refractivity contribution in [3.05, 3.63) is 53.7 Å². The normalized spacial score (nSPS) is 11.6. The molecule has 100 valence electrons. The van der Waals surface area contributed by atoms with Crippen LogP contribution in [0.25, 0.3) is 0 Å². The second-order valence-electron chi connectivity index (χ2n) is 3.83. The van der Waals surface area contributed by atoms with E-state index in [1.807, 2.05) is 24.3 Å². The quantitative estimate of drug-likeness (QED) is 0.933. The Bertz CT molecular complexity index is 535. The second-order valence-corrected chi connectivity index (χ2v) is 4.93. The predicted octanol–water partition coefficient (Wildman–Crippen LogP) is 3.71. The average molecular weight is 284 g/mol. The summed E-state index contributed by atoms with van der Waals surface area (Å²) in [5.74, 6) is 0.